The molecule has 168 valence electrons. The van der Waals surface area contributed by atoms with Gasteiger partial charge in [0.1, 0.15) is 17.9 Å². The van der Waals surface area contributed by atoms with Crippen LogP contribution >= 0.6 is 38.9 Å². The fourth-order valence-corrected chi connectivity index (χ4v) is 5.07. The SMILES string of the molecule is CC(C)C[C@H]1CN(C(=O)c2ccc(Cl)s2)[C@@H](C(=O)NC(C)(C)C)c2cc(Br)ccc2O1. The van der Waals surface area contributed by atoms with Crippen LogP contribution in [0.1, 0.15) is 62.3 Å². The molecule has 2 aromatic rings. The number of thiophene rings is 1. The standard InChI is InChI=1S/C23H28BrClN2O3S/c1-13(2)10-15-12-27(22(29)18-8-9-19(25)31-18)20(21(28)26-23(3,4)5)16-11-14(24)6-7-17(16)30-15/h6-9,11,13,15,20H,10,12H2,1-5H3,(H,26,28)/t15-,20+/m0/s1. The highest BCUT2D eigenvalue weighted by Gasteiger charge is 2.40. The van der Waals surface area contributed by atoms with Crippen molar-refractivity contribution in [1.82, 2.24) is 10.2 Å². The Hall–Kier alpha value is -1.57. The maximum absolute atomic E-state index is 13.6. The first kappa shape index (κ1) is 24.1. The molecule has 1 aliphatic rings. The summed E-state index contributed by atoms with van der Waals surface area (Å²) < 4.78 is 7.69. The average Bonchev–Trinajstić information content (AvgIpc) is 2.99. The van der Waals surface area contributed by atoms with Gasteiger partial charge in [0.25, 0.3) is 5.91 Å². The van der Waals surface area contributed by atoms with Gasteiger partial charge in [-0.1, -0.05) is 41.4 Å². The molecule has 2 amide bonds. The molecule has 1 aliphatic heterocycles. The molecule has 0 radical (unpaired) electrons. The second-order valence-electron chi connectivity index (χ2n) is 9.25. The first-order valence-corrected chi connectivity index (χ1v) is 12.3. The molecule has 0 bridgehead atoms. The van der Waals surface area contributed by atoms with Crippen molar-refractivity contribution in [2.45, 2.75) is 58.7 Å². The van der Waals surface area contributed by atoms with Gasteiger partial charge >= 0.3 is 0 Å². The Morgan fingerprint density at radius 1 is 1.29 bits per heavy atom. The topological polar surface area (TPSA) is 58.6 Å². The van der Waals surface area contributed by atoms with E-state index in [1.54, 1.807) is 17.0 Å². The molecular weight excluding hydrogens is 500 g/mol. The lowest BCUT2D eigenvalue weighted by molar-refractivity contribution is -0.127. The Morgan fingerprint density at radius 2 is 2.00 bits per heavy atom. The number of ether oxygens (including phenoxy) is 1. The largest absolute Gasteiger partial charge is 0.488 e. The number of fused-ring (bicyclic) bond motifs is 1. The number of carbonyl (C=O) groups is 2. The van der Waals surface area contributed by atoms with E-state index in [1.807, 2.05) is 39.0 Å². The molecule has 31 heavy (non-hydrogen) atoms. The van der Waals surface area contributed by atoms with Crippen LogP contribution in [0.5, 0.6) is 5.75 Å². The molecule has 2 atom stereocenters. The Bertz CT molecular complexity index is 970. The van der Waals surface area contributed by atoms with Crippen molar-refractivity contribution in [1.29, 1.82) is 0 Å². The number of hydrogen-bond acceptors (Lipinski definition) is 4. The molecule has 0 saturated carbocycles. The second-order valence-corrected chi connectivity index (χ2v) is 11.9. The van der Waals surface area contributed by atoms with Gasteiger partial charge in [-0.25, -0.2) is 0 Å². The third-order valence-corrected chi connectivity index (χ3v) is 6.51. The van der Waals surface area contributed by atoms with Gasteiger partial charge in [0, 0.05) is 15.6 Å². The second kappa shape index (κ2) is 9.51. The van der Waals surface area contributed by atoms with Crippen LogP contribution < -0.4 is 10.1 Å². The van der Waals surface area contributed by atoms with Gasteiger partial charge in [0.15, 0.2) is 0 Å². The minimum Gasteiger partial charge on any atom is -0.488 e. The van der Waals surface area contributed by atoms with Crippen LogP contribution in [0, 0.1) is 5.92 Å². The van der Waals surface area contributed by atoms with E-state index in [4.69, 9.17) is 16.3 Å². The molecule has 0 aliphatic carbocycles. The molecule has 1 aromatic carbocycles. The molecule has 1 N–H and O–H groups in total. The zero-order valence-corrected chi connectivity index (χ0v) is 21.5. The summed E-state index contributed by atoms with van der Waals surface area (Å²) in [5, 5.41) is 3.05. The molecular formula is C23H28BrClN2O3S. The maximum atomic E-state index is 13.6. The van der Waals surface area contributed by atoms with Crippen molar-refractivity contribution >= 4 is 50.7 Å². The van der Waals surface area contributed by atoms with Crippen molar-refractivity contribution in [3.63, 3.8) is 0 Å². The van der Waals surface area contributed by atoms with E-state index in [0.717, 1.165) is 10.9 Å². The Kier molecular flexibility index (Phi) is 7.39. The molecule has 2 heterocycles. The lowest BCUT2D eigenvalue weighted by Crippen LogP contribution is -2.50. The number of hydrogen-bond donors (Lipinski definition) is 1. The monoisotopic (exact) mass is 526 g/mol. The smallest absolute Gasteiger partial charge is 0.265 e. The summed E-state index contributed by atoms with van der Waals surface area (Å²) >= 11 is 10.8. The normalized spacial score (nSPS) is 18.9. The highest BCUT2D eigenvalue weighted by atomic mass is 79.9. The number of rotatable bonds is 4. The maximum Gasteiger partial charge on any atom is 0.265 e. The third kappa shape index (κ3) is 6.02. The highest BCUT2D eigenvalue weighted by Crippen LogP contribution is 2.38. The number of benzene rings is 1. The number of halogens is 2. The fourth-order valence-electron chi connectivity index (χ4n) is 3.69. The van der Waals surface area contributed by atoms with Crippen LogP contribution in [0.15, 0.2) is 34.8 Å². The summed E-state index contributed by atoms with van der Waals surface area (Å²) in [6.07, 6.45) is 0.532. The van der Waals surface area contributed by atoms with Gasteiger partial charge in [0.2, 0.25) is 5.91 Å². The minimum absolute atomic E-state index is 0.226. The first-order chi connectivity index (χ1) is 14.4. The number of carbonyl (C=O) groups excluding carboxylic acids is 2. The molecule has 8 heteroatoms. The Labute approximate surface area is 201 Å². The van der Waals surface area contributed by atoms with Crippen molar-refractivity contribution in [2.24, 2.45) is 5.92 Å². The quantitative estimate of drug-likeness (QED) is 0.525. The molecule has 1 aromatic heterocycles. The summed E-state index contributed by atoms with van der Waals surface area (Å²) in [5.41, 5.74) is 0.215. The van der Waals surface area contributed by atoms with Crippen LogP contribution in [0.3, 0.4) is 0 Å². The van der Waals surface area contributed by atoms with E-state index in [0.29, 0.717) is 33.0 Å². The van der Waals surface area contributed by atoms with Gasteiger partial charge < -0.3 is 15.0 Å². The highest BCUT2D eigenvalue weighted by molar-refractivity contribution is 9.10. The van der Waals surface area contributed by atoms with Gasteiger partial charge in [-0.3, -0.25) is 9.59 Å². The summed E-state index contributed by atoms with van der Waals surface area (Å²) in [7, 11) is 0. The third-order valence-electron chi connectivity index (χ3n) is 4.80. The molecule has 5 nitrogen and oxygen atoms in total. The number of amides is 2. The molecule has 0 spiro atoms. The zero-order valence-electron chi connectivity index (χ0n) is 18.4. The Morgan fingerprint density at radius 3 is 2.58 bits per heavy atom. The summed E-state index contributed by atoms with van der Waals surface area (Å²) in [4.78, 5) is 29.3. The first-order valence-electron chi connectivity index (χ1n) is 10.3. The number of nitrogens with one attached hydrogen (secondary N) is 1. The van der Waals surface area contributed by atoms with E-state index in [-0.39, 0.29) is 17.9 Å². The molecule has 0 fully saturated rings. The van der Waals surface area contributed by atoms with Crippen molar-refractivity contribution in [3.05, 3.63) is 49.6 Å². The fraction of sp³-hybridized carbons (Fsp3) is 0.478. The average molecular weight is 528 g/mol. The summed E-state index contributed by atoms with van der Waals surface area (Å²) in [6, 6.07) is 8.20. The zero-order chi connectivity index (χ0) is 22.9. The van der Waals surface area contributed by atoms with E-state index in [2.05, 4.69) is 35.1 Å². The molecule has 3 rings (SSSR count). The molecule has 0 unspecified atom stereocenters. The lowest BCUT2D eigenvalue weighted by atomic mass is 10.0. The van der Waals surface area contributed by atoms with Crippen LogP contribution in [-0.2, 0) is 4.79 Å². The van der Waals surface area contributed by atoms with E-state index < -0.39 is 11.6 Å². The van der Waals surface area contributed by atoms with Gasteiger partial charge in [0.05, 0.1) is 15.8 Å². The van der Waals surface area contributed by atoms with Crippen LogP contribution in [0.25, 0.3) is 0 Å². The molecule has 0 saturated heterocycles. The van der Waals surface area contributed by atoms with E-state index in [9.17, 15) is 9.59 Å². The van der Waals surface area contributed by atoms with Gasteiger partial charge in [-0.2, -0.15) is 0 Å². The van der Waals surface area contributed by atoms with Crippen molar-refractivity contribution in [3.8, 4) is 5.75 Å². The minimum atomic E-state index is -0.822. The van der Waals surface area contributed by atoms with Crippen LogP contribution in [0.4, 0.5) is 0 Å². The van der Waals surface area contributed by atoms with E-state index >= 15 is 0 Å². The predicted octanol–water partition coefficient (Wildman–Crippen LogP) is 6.07. The Balaban J connectivity index is 2.13. The number of nitrogens with zero attached hydrogens (tertiary/aromatic N) is 1. The van der Waals surface area contributed by atoms with Crippen molar-refractivity contribution in [2.75, 3.05) is 6.54 Å². The summed E-state index contributed by atoms with van der Waals surface area (Å²) in [6.45, 7) is 10.3. The summed E-state index contributed by atoms with van der Waals surface area (Å²) in [5.74, 6) is 0.534. The van der Waals surface area contributed by atoms with E-state index in [1.165, 1.54) is 11.3 Å². The lowest BCUT2D eigenvalue weighted by Gasteiger charge is -2.33. The van der Waals surface area contributed by atoms with Crippen LogP contribution in [-0.4, -0.2) is 34.9 Å². The predicted molar refractivity (Wildman–Crippen MR) is 129 cm³/mol. The van der Waals surface area contributed by atoms with Crippen molar-refractivity contribution < 1.29 is 14.3 Å². The van der Waals surface area contributed by atoms with Crippen LogP contribution in [0.2, 0.25) is 4.34 Å². The van der Waals surface area contributed by atoms with Gasteiger partial charge in [-0.05, 0) is 63.4 Å². The van der Waals surface area contributed by atoms with Gasteiger partial charge in [-0.15, -0.1) is 11.3 Å².